The average molecular weight is 313 g/mol. The highest BCUT2D eigenvalue weighted by molar-refractivity contribution is 9.10. The van der Waals surface area contributed by atoms with Gasteiger partial charge in [0.05, 0.1) is 12.5 Å². The van der Waals surface area contributed by atoms with Crippen LogP contribution in [0.15, 0.2) is 22.8 Å². The highest BCUT2D eigenvalue weighted by Crippen LogP contribution is 2.46. The summed E-state index contributed by atoms with van der Waals surface area (Å²) in [5.74, 6) is -0.555. The third kappa shape index (κ3) is 2.53. The van der Waals surface area contributed by atoms with Gasteiger partial charge in [-0.15, -0.1) is 0 Å². The summed E-state index contributed by atoms with van der Waals surface area (Å²) in [6.45, 7) is 0.293. The SMILES string of the molecule is COC(=O)C1(CNC(=O)c2ncccc2Br)CC1. The Balaban J connectivity index is 1.98. The standard InChI is InChI=1S/C12H13BrN2O3/c1-18-11(17)12(4-5-12)7-15-10(16)9-8(13)3-2-6-14-9/h2-3,6H,4-5,7H2,1H3,(H,15,16). The minimum atomic E-state index is -0.522. The lowest BCUT2D eigenvalue weighted by molar-refractivity contribution is -0.146. The summed E-state index contributed by atoms with van der Waals surface area (Å²) in [7, 11) is 1.36. The first-order chi connectivity index (χ1) is 8.59. The van der Waals surface area contributed by atoms with Crippen LogP contribution in [-0.2, 0) is 9.53 Å². The largest absolute Gasteiger partial charge is 0.469 e. The minimum absolute atomic E-state index is 0.261. The molecule has 1 aliphatic carbocycles. The van der Waals surface area contributed by atoms with Gasteiger partial charge in [-0.1, -0.05) is 0 Å². The molecule has 1 amide bonds. The summed E-state index contributed by atoms with van der Waals surface area (Å²) in [4.78, 5) is 27.4. The third-order valence-electron chi connectivity index (χ3n) is 3.03. The Labute approximate surface area is 113 Å². The Morgan fingerprint density at radius 2 is 2.28 bits per heavy atom. The molecule has 0 spiro atoms. The predicted molar refractivity (Wildman–Crippen MR) is 68.0 cm³/mol. The number of amides is 1. The van der Waals surface area contributed by atoms with Crippen LogP contribution < -0.4 is 5.32 Å². The fraction of sp³-hybridized carbons (Fsp3) is 0.417. The highest BCUT2D eigenvalue weighted by atomic mass is 79.9. The lowest BCUT2D eigenvalue weighted by Crippen LogP contribution is -2.35. The van der Waals surface area contributed by atoms with Crippen LogP contribution in [0.4, 0.5) is 0 Å². The van der Waals surface area contributed by atoms with Gasteiger partial charge in [0.1, 0.15) is 5.69 Å². The van der Waals surface area contributed by atoms with Gasteiger partial charge in [0, 0.05) is 17.2 Å². The first-order valence-corrected chi connectivity index (χ1v) is 6.35. The van der Waals surface area contributed by atoms with Crippen molar-refractivity contribution in [2.75, 3.05) is 13.7 Å². The van der Waals surface area contributed by atoms with Crippen molar-refractivity contribution in [1.29, 1.82) is 0 Å². The summed E-state index contributed by atoms with van der Waals surface area (Å²) < 4.78 is 5.35. The van der Waals surface area contributed by atoms with Crippen LogP contribution in [0.25, 0.3) is 0 Å². The number of methoxy groups -OCH3 is 1. The molecule has 0 aromatic carbocycles. The molecule has 0 saturated heterocycles. The van der Waals surface area contributed by atoms with E-state index in [1.807, 2.05) is 0 Å². The Kier molecular flexibility index (Phi) is 3.65. The molecule has 0 bridgehead atoms. The van der Waals surface area contributed by atoms with E-state index in [9.17, 15) is 9.59 Å². The van der Waals surface area contributed by atoms with Gasteiger partial charge in [-0.05, 0) is 40.9 Å². The van der Waals surface area contributed by atoms with E-state index >= 15 is 0 Å². The monoisotopic (exact) mass is 312 g/mol. The van der Waals surface area contributed by atoms with Gasteiger partial charge in [-0.3, -0.25) is 9.59 Å². The van der Waals surface area contributed by atoms with E-state index in [1.54, 1.807) is 18.3 Å². The van der Waals surface area contributed by atoms with Gasteiger partial charge < -0.3 is 10.1 Å². The number of nitrogens with zero attached hydrogens (tertiary/aromatic N) is 1. The Morgan fingerprint density at radius 1 is 1.56 bits per heavy atom. The molecule has 5 nitrogen and oxygen atoms in total. The van der Waals surface area contributed by atoms with E-state index in [0.29, 0.717) is 16.7 Å². The van der Waals surface area contributed by atoms with E-state index < -0.39 is 5.41 Å². The van der Waals surface area contributed by atoms with Crippen molar-refractivity contribution in [1.82, 2.24) is 10.3 Å². The van der Waals surface area contributed by atoms with Crippen LogP contribution in [0.5, 0.6) is 0 Å². The second-order valence-electron chi connectivity index (χ2n) is 4.29. The van der Waals surface area contributed by atoms with Crippen molar-refractivity contribution in [3.8, 4) is 0 Å². The molecular weight excluding hydrogens is 300 g/mol. The molecule has 1 fully saturated rings. The second-order valence-corrected chi connectivity index (χ2v) is 5.14. The number of nitrogens with one attached hydrogen (secondary N) is 1. The van der Waals surface area contributed by atoms with Gasteiger partial charge in [-0.2, -0.15) is 0 Å². The number of pyridine rings is 1. The van der Waals surface area contributed by atoms with Crippen LogP contribution in [0.3, 0.4) is 0 Å². The fourth-order valence-electron chi connectivity index (χ4n) is 1.71. The van der Waals surface area contributed by atoms with E-state index in [1.165, 1.54) is 7.11 Å². The molecular formula is C12H13BrN2O3. The normalized spacial score (nSPS) is 15.9. The van der Waals surface area contributed by atoms with E-state index in [2.05, 4.69) is 26.2 Å². The number of carbonyl (C=O) groups is 2. The first-order valence-electron chi connectivity index (χ1n) is 5.56. The maximum absolute atomic E-state index is 11.9. The molecule has 0 aliphatic heterocycles. The van der Waals surface area contributed by atoms with Gasteiger partial charge in [-0.25, -0.2) is 4.98 Å². The number of esters is 1. The molecule has 0 radical (unpaired) electrons. The van der Waals surface area contributed by atoms with Crippen LogP contribution in [-0.4, -0.2) is 30.5 Å². The molecule has 1 N–H and O–H groups in total. The van der Waals surface area contributed by atoms with Gasteiger partial charge in [0.25, 0.3) is 5.91 Å². The summed E-state index contributed by atoms with van der Waals surface area (Å²) in [6.07, 6.45) is 3.06. The number of halogens is 1. The molecule has 6 heteroatoms. The highest BCUT2D eigenvalue weighted by Gasteiger charge is 2.51. The van der Waals surface area contributed by atoms with Crippen molar-refractivity contribution < 1.29 is 14.3 Å². The maximum Gasteiger partial charge on any atom is 0.313 e. The maximum atomic E-state index is 11.9. The summed E-state index contributed by atoms with van der Waals surface area (Å²) in [6, 6.07) is 3.48. The first kappa shape index (κ1) is 13.0. The van der Waals surface area contributed by atoms with Gasteiger partial charge >= 0.3 is 5.97 Å². The molecule has 96 valence electrons. The molecule has 0 atom stereocenters. The van der Waals surface area contributed by atoms with E-state index in [0.717, 1.165) is 12.8 Å². The smallest absolute Gasteiger partial charge is 0.313 e. The van der Waals surface area contributed by atoms with Crippen molar-refractivity contribution in [3.05, 3.63) is 28.5 Å². The predicted octanol–water partition coefficient (Wildman–Crippen LogP) is 1.53. The van der Waals surface area contributed by atoms with Crippen molar-refractivity contribution in [3.63, 3.8) is 0 Å². The van der Waals surface area contributed by atoms with E-state index in [-0.39, 0.29) is 11.9 Å². The molecule has 1 aliphatic rings. The zero-order chi connectivity index (χ0) is 13.2. The summed E-state index contributed by atoms with van der Waals surface area (Å²) in [5, 5.41) is 2.73. The lowest BCUT2D eigenvalue weighted by Gasteiger charge is -2.13. The summed E-state index contributed by atoms with van der Waals surface area (Å²) in [5.41, 5.74) is -0.204. The molecule has 1 aromatic heterocycles. The number of rotatable bonds is 4. The third-order valence-corrected chi connectivity index (χ3v) is 3.67. The Morgan fingerprint density at radius 3 is 2.83 bits per heavy atom. The van der Waals surface area contributed by atoms with Crippen LogP contribution in [0.1, 0.15) is 23.3 Å². The topological polar surface area (TPSA) is 68.3 Å². The Bertz CT molecular complexity index is 486. The van der Waals surface area contributed by atoms with Crippen LogP contribution in [0.2, 0.25) is 0 Å². The van der Waals surface area contributed by atoms with Crippen molar-refractivity contribution in [2.24, 2.45) is 5.41 Å². The number of hydrogen-bond donors (Lipinski definition) is 1. The van der Waals surface area contributed by atoms with E-state index in [4.69, 9.17) is 4.74 Å². The fourth-order valence-corrected chi connectivity index (χ4v) is 2.14. The van der Waals surface area contributed by atoms with Crippen molar-refractivity contribution >= 4 is 27.8 Å². The molecule has 1 aromatic rings. The molecule has 1 heterocycles. The zero-order valence-electron chi connectivity index (χ0n) is 9.90. The zero-order valence-corrected chi connectivity index (χ0v) is 11.5. The van der Waals surface area contributed by atoms with Crippen LogP contribution in [0, 0.1) is 5.41 Å². The quantitative estimate of drug-likeness (QED) is 0.856. The minimum Gasteiger partial charge on any atom is -0.469 e. The van der Waals surface area contributed by atoms with Crippen molar-refractivity contribution in [2.45, 2.75) is 12.8 Å². The van der Waals surface area contributed by atoms with Gasteiger partial charge in [0.2, 0.25) is 0 Å². The second kappa shape index (κ2) is 5.06. The average Bonchev–Trinajstić information content (AvgIpc) is 3.17. The van der Waals surface area contributed by atoms with Crippen LogP contribution >= 0.6 is 15.9 Å². The molecule has 1 saturated carbocycles. The lowest BCUT2D eigenvalue weighted by atomic mass is 10.1. The Hall–Kier alpha value is -1.43. The van der Waals surface area contributed by atoms with Gasteiger partial charge in [0.15, 0.2) is 0 Å². The summed E-state index contributed by atoms with van der Waals surface area (Å²) >= 11 is 3.26. The molecule has 18 heavy (non-hydrogen) atoms. The number of carbonyl (C=O) groups excluding carboxylic acids is 2. The number of aromatic nitrogens is 1. The number of hydrogen-bond acceptors (Lipinski definition) is 4. The number of ether oxygens (including phenoxy) is 1. The molecule has 0 unspecified atom stereocenters. The molecule has 2 rings (SSSR count).